The normalized spacial score (nSPS) is 17.2. The Hall–Kier alpha value is -1.35. The highest BCUT2D eigenvalue weighted by atomic mass is 16.2. The van der Waals surface area contributed by atoms with Crippen LogP contribution >= 0.6 is 0 Å². The first-order chi connectivity index (χ1) is 10.9. The van der Waals surface area contributed by atoms with Gasteiger partial charge in [-0.25, -0.2) is 0 Å². The van der Waals surface area contributed by atoms with Crippen molar-refractivity contribution in [3.8, 4) is 0 Å². The van der Waals surface area contributed by atoms with Crippen molar-refractivity contribution in [2.75, 3.05) is 33.2 Å². The van der Waals surface area contributed by atoms with Crippen molar-refractivity contribution in [2.24, 2.45) is 11.3 Å². The minimum Gasteiger partial charge on any atom is -0.342 e. The highest BCUT2D eigenvalue weighted by molar-refractivity contribution is 5.93. The first kappa shape index (κ1) is 18.0. The van der Waals surface area contributed by atoms with Crippen molar-refractivity contribution in [3.05, 3.63) is 35.9 Å². The van der Waals surface area contributed by atoms with Crippen LogP contribution in [0.4, 0.5) is 0 Å². The molecule has 1 fully saturated rings. The molecule has 0 unspecified atom stereocenters. The zero-order chi connectivity index (χ0) is 16.9. The summed E-state index contributed by atoms with van der Waals surface area (Å²) >= 11 is 0. The number of benzene rings is 1. The van der Waals surface area contributed by atoms with Crippen molar-refractivity contribution >= 4 is 5.91 Å². The molecule has 3 heteroatoms. The number of rotatable bonds is 5. The summed E-state index contributed by atoms with van der Waals surface area (Å²) in [6, 6.07) is 9.55. The van der Waals surface area contributed by atoms with Gasteiger partial charge in [-0.1, -0.05) is 39.0 Å². The van der Waals surface area contributed by atoms with E-state index in [2.05, 4.69) is 25.7 Å². The molecule has 3 nitrogen and oxygen atoms in total. The van der Waals surface area contributed by atoms with Gasteiger partial charge in [0.25, 0.3) is 5.91 Å². The van der Waals surface area contributed by atoms with Gasteiger partial charge in [-0.3, -0.25) is 4.79 Å². The van der Waals surface area contributed by atoms with Crippen LogP contribution in [0, 0.1) is 11.3 Å². The number of hydrogen-bond acceptors (Lipinski definition) is 2. The SMILES string of the molecule is CN(CCCN1CCC(C(C)(C)C)CC1)C(=O)c1ccccc1. The first-order valence-electron chi connectivity index (χ1n) is 8.91. The molecule has 0 N–H and O–H groups in total. The molecule has 0 saturated carbocycles. The fourth-order valence-corrected chi connectivity index (χ4v) is 3.46. The Labute approximate surface area is 141 Å². The lowest BCUT2D eigenvalue weighted by molar-refractivity contribution is 0.0775. The number of likely N-dealkylation sites (tertiary alicyclic amines) is 1. The van der Waals surface area contributed by atoms with Crippen LogP contribution in [0.2, 0.25) is 0 Å². The summed E-state index contributed by atoms with van der Waals surface area (Å²) in [7, 11) is 1.90. The smallest absolute Gasteiger partial charge is 0.253 e. The molecule has 1 heterocycles. The van der Waals surface area contributed by atoms with E-state index >= 15 is 0 Å². The maximum atomic E-state index is 12.3. The van der Waals surface area contributed by atoms with Crippen LogP contribution in [0.15, 0.2) is 30.3 Å². The summed E-state index contributed by atoms with van der Waals surface area (Å²) in [6.45, 7) is 11.4. The number of hydrogen-bond donors (Lipinski definition) is 0. The monoisotopic (exact) mass is 316 g/mol. The summed E-state index contributed by atoms with van der Waals surface area (Å²) in [5, 5.41) is 0. The lowest BCUT2D eigenvalue weighted by atomic mass is 9.75. The summed E-state index contributed by atoms with van der Waals surface area (Å²) < 4.78 is 0. The van der Waals surface area contributed by atoms with Gasteiger partial charge in [0.1, 0.15) is 0 Å². The number of carbonyl (C=O) groups excluding carboxylic acids is 1. The molecule has 128 valence electrons. The van der Waals surface area contributed by atoms with E-state index in [1.807, 2.05) is 42.3 Å². The van der Waals surface area contributed by atoms with Crippen molar-refractivity contribution in [1.29, 1.82) is 0 Å². The van der Waals surface area contributed by atoms with E-state index in [4.69, 9.17) is 0 Å². The van der Waals surface area contributed by atoms with Crippen molar-refractivity contribution in [1.82, 2.24) is 9.80 Å². The molecule has 1 aliphatic rings. The van der Waals surface area contributed by atoms with Crippen LogP contribution in [0.3, 0.4) is 0 Å². The Kier molecular flexibility index (Phi) is 6.23. The molecular weight excluding hydrogens is 284 g/mol. The van der Waals surface area contributed by atoms with Gasteiger partial charge in [-0.2, -0.15) is 0 Å². The molecule has 1 amide bonds. The summed E-state index contributed by atoms with van der Waals surface area (Å²) in [6.07, 6.45) is 3.67. The Morgan fingerprint density at radius 3 is 2.35 bits per heavy atom. The van der Waals surface area contributed by atoms with E-state index < -0.39 is 0 Å². The van der Waals surface area contributed by atoms with Gasteiger partial charge < -0.3 is 9.80 Å². The van der Waals surface area contributed by atoms with E-state index in [1.165, 1.54) is 25.9 Å². The topological polar surface area (TPSA) is 23.6 Å². The minimum atomic E-state index is 0.122. The van der Waals surface area contributed by atoms with E-state index in [0.717, 1.165) is 31.0 Å². The Morgan fingerprint density at radius 1 is 1.17 bits per heavy atom. The molecule has 1 aliphatic heterocycles. The van der Waals surface area contributed by atoms with Crippen molar-refractivity contribution in [2.45, 2.75) is 40.0 Å². The predicted molar refractivity (Wildman–Crippen MR) is 96.6 cm³/mol. The second-order valence-electron chi connectivity index (χ2n) is 7.93. The minimum absolute atomic E-state index is 0.122. The highest BCUT2D eigenvalue weighted by Crippen LogP contribution is 2.34. The highest BCUT2D eigenvalue weighted by Gasteiger charge is 2.28. The molecular formula is C20H32N2O. The quantitative estimate of drug-likeness (QED) is 0.822. The van der Waals surface area contributed by atoms with Crippen molar-refractivity contribution in [3.63, 3.8) is 0 Å². The Bertz CT molecular complexity index is 484. The predicted octanol–water partition coefficient (Wildman–Crippen LogP) is 3.91. The fourth-order valence-electron chi connectivity index (χ4n) is 3.46. The van der Waals surface area contributed by atoms with Crippen LogP contribution in [0.1, 0.15) is 50.4 Å². The molecule has 1 aromatic carbocycles. The zero-order valence-electron chi connectivity index (χ0n) is 15.2. The van der Waals surface area contributed by atoms with Gasteiger partial charge in [0.2, 0.25) is 0 Å². The number of amides is 1. The van der Waals surface area contributed by atoms with Gasteiger partial charge in [0.05, 0.1) is 0 Å². The fraction of sp³-hybridized carbons (Fsp3) is 0.650. The van der Waals surface area contributed by atoms with Crippen LogP contribution in [0.5, 0.6) is 0 Å². The summed E-state index contributed by atoms with van der Waals surface area (Å²) in [5.74, 6) is 0.970. The third kappa shape index (κ3) is 5.35. The lowest BCUT2D eigenvalue weighted by Crippen LogP contribution is -2.39. The van der Waals surface area contributed by atoms with E-state index in [0.29, 0.717) is 5.41 Å². The van der Waals surface area contributed by atoms with Crippen molar-refractivity contribution < 1.29 is 4.79 Å². The van der Waals surface area contributed by atoms with E-state index in [-0.39, 0.29) is 5.91 Å². The average molecular weight is 316 g/mol. The van der Waals surface area contributed by atoms with Crippen LogP contribution < -0.4 is 0 Å². The Balaban J connectivity index is 1.69. The van der Waals surface area contributed by atoms with E-state index in [9.17, 15) is 4.79 Å². The maximum Gasteiger partial charge on any atom is 0.253 e. The molecule has 0 aliphatic carbocycles. The molecule has 0 radical (unpaired) electrons. The number of carbonyl (C=O) groups is 1. The largest absolute Gasteiger partial charge is 0.342 e. The molecule has 1 aromatic rings. The number of piperidine rings is 1. The molecule has 0 atom stereocenters. The zero-order valence-corrected chi connectivity index (χ0v) is 15.2. The maximum absolute atomic E-state index is 12.3. The third-order valence-corrected chi connectivity index (χ3v) is 5.15. The molecule has 0 spiro atoms. The summed E-state index contributed by atoms with van der Waals surface area (Å²) in [5.41, 5.74) is 1.22. The molecule has 23 heavy (non-hydrogen) atoms. The van der Waals surface area contributed by atoms with E-state index in [1.54, 1.807) is 0 Å². The molecule has 1 saturated heterocycles. The lowest BCUT2D eigenvalue weighted by Gasteiger charge is -2.38. The third-order valence-electron chi connectivity index (χ3n) is 5.15. The molecule has 0 bridgehead atoms. The summed E-state index contributed by atoms with van der Waals surface area (Å²) in [4.78, 5) is 16.7. The van der Waals surface area contributed by atoms with Crippen LogP contribution in [-0.2, 0) is 0 Å². The first-order valence-corrected chi connectivity index (χ1v) is 8.91. The van der Waals surface area contributed by atoms with Gasteiger partial charge in [-0.05, 0) is 62.4 Å². The van der Waals surface area contributed by atoms with Crippen LogP contribution in [-0.4, -0.2) is 48.9 Å². The standard InChI is InChI=1S/C20H32N2O/c1-20(2,3)18-11-15-22(16-12-18)14-8-13-21(4)19(23)17-9-6-5-7-10-17/h5-7,9-10,18H,8,11-16H2,1-4H3. The van der Waals surface area contributed by atoms with Gasteiger partial charge >= 0.3 is 0 Å². The number of nitrogens with zero attached hydrogens (tertiary/aromatic N) is 2. The van der Waals surface area contributed by atoms with Gasteiger partial charge in [0.15, 0.2) is 0 Å². The second-order valence-corrected chi connectivity index (χ2v) is 7.93. The second kappa shape index (κ2) is 7.96. The van der Waals surface area contributed by atoms with Gasteiger partial charge in [0, 0.05) is 19.2 Å². The molecule has 0 aromatic heterocycles. The van der Waals surface area contributed by atoms with Gasteiger partial charge in [-0.15, -0.1) is 0 Å². The molecule has 2 rings (SSSR count). The Morgan fingerprint density at radius 2 is 1.78 bits per heavy atom. The average Bonchev–Trinajstić information content (AvgIpc) is 2.54. The van der Waals surface area contributed by atoms with Crippen LogP contribution in [0.25, 0.3) is 0 Å².